The zero-order chi connectivity index (χ0) is 8.69. The van der Waals surface area contributed by atoms with Crippen LogP contribution in [0.2, 0.25) is 0 Å². The van der Waals surface area contributed by atoms with Gasteiger partial charge in [0.25, 0.3) is 0 Å². The molecule has 0 rings (SSSR count). The summed E-state index contributed by atoms with van der Waals surface area (Å²) in [5.74, 6) is -0.0858. The lowest BCUT2D eigenvalue weighted by Gasteiger charge is -2.07. The molecule has 0 aliphatic rings. The van der Waals surface area contributed by atoms with E-state index in [1.807, 2.05) is 13.2 Å². The fourth-order valence-corrected chi connectivity index (χ4v) is 0.739. The molecule has 3 N–H and O–H groups in total. The fraction of sp³-hybridized carbons (Fsp3) is 0.571. The van der Waals surface area contributed by atoms with Gasteiger partial charge >= 0.3 is 0 Å². The predicted octanol–water partition coefficient (Wildman–Crippen LogP) is 0.327. The minimum absolute atomic E-state index is 0.0500. The lowest BCUT2D eigenvalue weighted by molar-refractivity contribution is -0.117. The van der Waals surface area contributed by atoms with Crippen molar-refractivity contribution < 1.29 is 4.79 Å². The van der Waals surface area contributed by atoms with Crippen LogP contribution in [0.5, 0.6) is 0 Å². The summed E-state index contributed by atoms with van der Waals surface area (Å²) in [5, 5.41) is 4.43. The number of carbonyl (C=O) groups excluding carboxylic acids is 1. The smallest absolute Gasteiger partial charge is 0.244 e. The number of nitrogens with one attached hydrogen (secondary N) is 1. The fourth-order valence-electron chi connectivity index (χ4n) is 0.480. The minimum atomic E-state index is -0.0858. The SMILES string of the molecule is CS/C=C/C(=O)N[C@@H](C)CN. The standard InChI is InChI=1S/C7H14N2OS/c1-6(5-8)9-7(10)3-4-11-2/h3-4,6H,5,8H2,1-2H3,(H,9,10)/b4-3+/t6-/m0/s1. The summed E-state index contributed by atoms with van der Waals surface area (Å²) in [6, 6.07) is 0.0500. The van der Waals surface area contributed by atoms with Crippen molar-refractivity contribution in [1.29, 1.82) is 0 Å². The lowest BCUT2D eigenvalue weighted by atomic mass is 10.3. The number of nitrogens with two attached hydrogens (primary N) is 1. The molecule has 0 aromatic rings. The van der Waals surface area contributed by atoms with E-state index in [0.29, 0.717) is 6.54 Å². The van der Waals surface area contributed by atoms with Crippen molar-refractivity contribution in [3.8, 4) is 0 Å². The van der Waals surface area contributed by atoms with Crippen LogP contribution in [0.25, 0.3) is 0 Å². The van der Waals surface area contributed by atoms with E-state index in [4.69, 9.17) is 5.73 Å². The Balaban J connectivity index is 3.60. The van der Waals surface area contributed by atoms with Crippen molar-refractivity contribution in [2.24, 2.45) is 5.73 Å². The molecule has 64 valence electrons. The highest BCUT2D eigenvalue weighted by Gasteiger charge is 1.99. The Kier molecular flexibility index (Phi) is 5.97. The number of thioether (sulfide) groups is 1. The maximum absolute atomic E-state index is 10.9. The number of carbonyl (C=O) groups is 1. The molecule has 0 aromatic heterocycles. The summed E-state index contributed by atoms with van der Waals surface area (Å²) in [5.41, 5.74) is 5.30. The largest absolute Gasteiger partial charge is 0.349 e. The Morgan fingerprint density at radius 2 is 2.45 bits per heavy atom. The first-order valence-electron chi connectivity index (χ1n) is 3.40. The summed E-state index contributed by atoms with van der Waals surface area (Å²) in [7, 11) is 0. The average Bonchev–Trinajstić information content (AvgIpc) is 2.00. The second-order valence-corrected chi connectivity index (χ2v) is 2.93. The molecule has 0 bridgehead atoms. The quantitative estimate of drug-likeness (QED) is 0.604. The van der Waals surface area contributed by atoms with Gasteiger partial charge in [-0.1, -0.05) is 0 Å². The van der Waals surface area contributed by atoms with Gasteiger partial charge in [0.05, 0.1) is 0 Å². The molecule has 0 aliphatic carbocycles. The van der Waals surface area contributed by atoms with Gasteiger partial charge in [0, 0.05) is 18.7 Å². The van der Waals surface area contributed by atoms with E-state index in [-0.39, 0.29) is 11.9 Å². The van der Waals surface area contributed by atoms with Crippen LogP contribution in [0.1, 0.15) is 6.92 Å². The zero-order valence-corrected chi connectivity index (χ0v) is 7.65. The molecule has 0 aliphatic heterocycles. The average molecular weight is 174 g/mol. The molecule has 0 radical (unpaired) electrons. The number of hydrogen-bond donors (Lipinski definition) is 2. The zero-order valence-electron chi connectivity index (χ0n) is 6.83. The van der Waals surface area contributed by atoms with Crippen molar-refractivity contribution in [2.75, 3.05) is 12.8 Å². The molecular weight excluding hydrogens is 160 g/mol. The molecule has 3 nitrogen and oxygen atoms in total. The first-order valence-corrected chi connectivity index (χ1v) is 4.69. The van der Waals surface area contributed by atoms with Crippen molar-refractivity contribution in [3.63, 3.8) is 0 Å². The molecule has 1 atom stereocenters. The van der Waals surface area contributed by atoms with Gasteiger partial charge in [-0.25, -0.2) is 0 Å². The van der Waals surface area contributed by atoms with Crippen LogP contribution in [-0.4, -0.2) is 24.7 Å². The molecule has 0 saturated carbocycles. The molecule has 0 heterocycles. The minimum Gasteiger partial charge on any atom is -0.349 e. The summed E-state index contributed by atoms with van der Waals surface area (Å²) in [4.78, 5) is 10.9. The van der Waals surface area contributed by atoms with Crippen LogP contribution in [0.4, 0.5) is 0 Å². The van der Waals surface area contributed by atoms with E-state index in [1.165, 1.54) is 17.8 Å². The summed E-state index contributed by atoms with van der Waals surface area (Å²) in [6.07, 6.45) is 3.40. The molecule has 0 unspecified atom stereocenters. The topological polar surface area (TPSA) is 55.1 Å². The molecule has 4 heteroatoms. The Morgan fingerprint density at radius 3 is 2.91 bits per heavy atom. The third-order valence-corrected chi connectivity index (χ3v) is 1.51. The van der Waals surface area contributed by atoms with E-state index in [9.17, 15) is 4.79 Å². The Morgan fingerprint density at radius 1 is 1.82 bits per heavy atom. The van der Waals surface area contributed by atoms with Crippen LogP contribution in [0.3, 0.4) is 0 Å². The van der Waals surface area contributed by atoms with Crippen LogP contribution >= 0.6 is 11.8 Å². The van der Waals surface area contributed by atoms with Gasteiger partial charge in [-0.15, -0.1) is 11.8 Å². The van der Waals surface area contributed by atoms with E-state index < -0.39 is 0 Å². The van der Waals surface area contributed by atoms with Gasteiger partial charge in [-0.2, -0.15) is 0 Å². The molecule has 0 saturated heterocycles. The normalized spacial score (nSPS) is 13.4. The highest BCUT2D eigenvalue weighted by atomic mass is 32.2. The molecule has 0 spiro atoms. The molecular formula is C7H14N2OS. The van der Waals surface area contributed by atoms with E-state index >= 15 is 0 Å². The van der Waals surface area contributed by atoms with E-state index in [0.717, 1.165) is 0 Å². The van der Waals surface area contributed by atoms with Gasteiger partial charge in [-0.05, 0) is 18.6 Å². The molecule has 1 amide bonds. The van der Waals surface area contributed by atoms with Crippen LogP contribution in [0.15, 0.2) is 11.5 Å². The highest BCUT2D eigenvalue weighted by molar-refractivity contribution is 8.01. The predicted molar refractivity (Wildman–Crippen MR) is 49.3 cm³/mol. The third kappa shape index (κ3) is 5.94. The first-order chi connectivity index (χ1) is 5.20. The van der Waals surface area contributed by atoms with Crippen molar-refractivity contribution in [1.82, 2.24) is 5.32 Å². The number of amides is 1. The van der Waals surface area contributed by atoms with Crippen molar-refractivity contribution in [3.05, 3.63) is 11.5 Å². The van der Waals surface area contributed by atoms with Crippen molar-refractivity contribution in [2.45, 2.75) is 13.0 Å². The molecule has 0 fully saturated rings. The third-order valence-electron chi connectivity index (χ3n) is 1.10. The highest BCUT2D eigenvalue weighted by Crippen LogP contribution is 1.92. The van der Waals surface area contributed by atoms with Crippen molar-refractivity contribution >= 4 is 17.7 Å². The Bertz CT molecular complexity index is 147. The molecule has 0 aromatic carbocycles. The Hall–Kier alpha value is -0.480. The summed E-state index contributed by atoms with van der Waals surface area (Å²) >= 11 is 1.49. The van der Waals surface area contributed by atoms with E-state index in [1.54, 1.807) is 5.41 Å². The maximum Gasteiger partial charge on any atom is 0.244 e. The van der Waals surface area contributed by atoms with Crippen LogP contribution < -0.4 is 11.1 Å². The second kappa shape index (κ2) is 6.24. The Labute approximate surface area is 71.4 Å². The summed E-state index contributed by atoms with van der Waals surface area (Å²) < 4.78 is 0. The molecule has 11 heavy (non-hydrogen) atoms. The van der Waals surface area contributed by atoms with Crippen LogP contribution in [0, 0.1) is 0 Å². The van der Waals surface area contributed by atoms with Gasteiger partial charge < -0.3 is 11.1 Å². The monoisotopic (exact) mass is 174 g/mol. The lowest BCUT2D eigenvalue weighted by Crippen LogP contribution is -2.36. The van der Waals surface area contributed by atoms with Gasteiger partial charge in [0.2, 0.25) is 5.91 Å². The van der Waals surface area contributed by atoms with Crippen LogP contribution in [-0.2, 0) is 4.79 Å². The number of rotatable bonds is 4. The number of hydrogen-bond acceptors (Lipinski definition) is 3. The van der Waals surface area contributed by atoms with E-state index in [2.05, 4.69) is 5.32 Å². The van der Waals surface area contributed by atoms with Gasteiger partial charge in [0.1, 0.15) is 0 Å². The second-order valence-electron chi connectivity index (χ2n) is 2.18. The maximum atomic E-state index is 10.9. The summed E-state index contributed by atoms with van der Waals surface area (Å²) in [6.45, 7) is 2.34. The van der Waals surface area contributed by atoms with Gasteiger partial charge in [0.15, 0.2) is 0 Å². The first kappa shape index (κ1) is 10.5. The van der Waals surface area contributed by atoms with Gasteiger partial charge in [-0.3, -0.25) is 4.79 Å².